The number of aryl methyl sites for hydroxylation is 1. The van der Waals surface area contributed by atoms with Crippen molar-refractivity contribution in [2.45, 2.75) is 27.2 Å². The standard InChI is InChI=1S/C38H42N2/c1-7-10-11-12-13-15-18-36(28-39)37(29-40-38-19-16-14-17-20-38)26-22-31(5)30(4)21-24-34-27-35(25-23-32(34)6)33(8-2)9-3/h7-12,14-29,40H,2,4-5,13,39H2,1,3,6H3/b10-7-,12-11-,18-15-,24-21-,26-22-,33-9+,36-28+,37-29+. The molecule has 0 aromatic heterocycles. The lowest BCUT2D eigenvalue weighted by atomic mass is 9.98. The van der Waals surface area contributed by atoms with Crippen LogP contribution >= 0.6 is 0 Å². The van der Waals surface area contributed by atoms with Crippen molar-refractivity contribution in [1.29, 1.82) is 0 Å². The molecule has 0 aliphatic rings. The van der Waals surface area contributed by atoms with Crippen molar-refractivity contribution in [2.75, 3.05) is 5.32 Å². The Morgan fingerprint density at radius 2 is 1.62 bits per heavy atom. The van der Waals surface area contributed by atoms with Crippen molar-refractivity contribution >= 4 is 17.3 Å². The van der Waals surface area contributed by atoms with Crippen LogP contribution < -0.4 is 11.1 Å². The smallest absolute Gasteiger partial charge is 0.0379 e. The number of hydrogen-bond acceptors (Lipinski definition) is 2. The Bertz CT molecular complexity index is 1400. The molecule has 0 spiro atoms. The SMILES string of the molecule is C=C/C(=C\C)c1ccc(C)c(/C=C\C(=C)C(=C)\C=C/C(=C\Nc2ccccc2)C(/C=C\C/C=C\C=C/C)=C/N)c1. The molecule has 0 atom stereocenters. The van der Waals surface area contributed by atoms with Crippen LogP contribution in [-0.2, 0) is 0 Å². The predicted molar refractivity (Wildman–Crippen MR) is 180 cm³/mol. The summed E-state index contributed by atoms with van der Waals surface area (Å²) in [5.41, 5.74) is 15.1. The molecule has 40 heavy (non-hydrogen) atoms. The molecule has 2 nitrogen and oxygen atoms in total. The molecular weight excluding hydrogens is 484 g/mol. The minimum atomic E-state index is 0.808. The fourth-order valence-corrected chi connectivity index (χ4v) is 3.71. The summed E-state index contributed by atoms with van der Waals surface area (Å²) < 4.78 is 0. The Morgan fingerprint density at radius 3 is 2.30 bits per heavy atom. The second-order valence-corrected chi connectivity index (χ2v) is 9.06. The monoisotopic (exact) mass is 526 g/mol. The largest absolute Gasteiger partial charge is 0.404 e. The summed E-state index contributed by atoms with van der Waals surface area (Å²) in [5, 5.41) is 3.36. The molecule has 0 fully saturated rings. The van der Waals surface area contributed by atoms with Crippen LogP contribution in [0.15, 0.2) is 170 Å². The van der Waals surface area contributed by atoms with E-state index >= 15 is 0 Å². The average Bonchev–Trinajstić information content (AvgIpc) is 2.98. The van der Waals surface area contributed by atoms with Gasteiger partial charge in [0.05, 0.1) is 0 Å². The second-order valence-electron chi connectivity index (χ2n) is 9.06. The number of hydrogen-bond donors (Lipinski definition) is 2. The van der Waals surface area contributed by atoms with Gasteiger partial charge in [-0.15, -0.1) is 0 Å². The zero-order valence-corrected chi connectivity index (χ0v) is 24.1. The third-order valence-electron chi connectivity index (χ3n) is 6.17. The fraction of sp³-hybridized carbons (Fsp3) is 0.105. The Balaban J connectivity index is 2.25. The van der Waals surface area contributed by atoms with Crippen LogP contribution in [-0.4, -0.2) is 0 Å². The molecule has 204 valence electrons. The Morgan fingerprint density at radius 1 is 0.875 bits per heavy atom. The van der Waals surface area contributed by atoms with Crippen molar-refractivity contribution in [1.82, 2.24) is 0 Å². The highest BCUT2D eigenvalue weighted by Crippen LogP contribution is 2.22. The van der Waals surface area contributed by atoms with E-state index in [2.05, 4.69) is 74.5 Å². The van der Waals surface area contributed by atoms with E-state index < -0.39 is 0 Å². The zero-order valence-electron chi connectivity index (χ0n) is 24.1. The zero-order chi connectivity index (χ0) is 29.2. The van der Waals surface area contributed by atoms with Gasteiger partial charge in [0.1, 0.15) is 0 Å². The first-order valence-electron chi connectivity index (χ1n) is 13.5. The number of rotatable bonds is 14. The quantitative estimate of drug-likeness (QED) is 0.240. The lowest BCUT2D eigenvalue weighted by molar-refractivity contribution is 1.36. The molecule has 0 aliphatic carbocycles. The molecule has 0 saturated heterocycles. The van der Waals surface area contributed by atoms with Gasteiger partial charge in [0.2, 0.25) is 0 Å². The molecular formula is C38H42N2. The van der Waals surface area contributed by atoms with Gasteiger partial charge in [0.25, 0.3) is 0 Å². The normalized spacial score (nSPS) is 13.3. The van der Waals surface area contributed by atoms with Crippen molar-refractivity contribution in [3.63, 3.8) is 0 Å². The number of nitrogens with two attached hydrogens (primary N) is 1. The molecule has 2 aromatic rings. The Hall–Kier alpha value is -4.82. The molecule has 0 saturated carbocycles. The lowest BCUT2D eigenvalue weighted by Gasteiger charge is -2.08. The number of benzene rings is 2. The summed E-state index contributed by atoms with van der Waals surface area (Å²) in [6, 6.07) is 16.4. The van der Waals surface area contributed by atoms with E-state index in [0.29, 0.717) is 0 Å². The number of anilines is 1. The van der Waals surface area contributed by atoms with Crippen LogP contribution in [0.4, 0.5) is 5.69 Å². The van der Waals surface area contributed by atoms with Crippen molar-refractivity contribution in [3.05, 3.63) is 186 Å². The molecule has 0 amide bonds. The van der Waals surface area contributed by atoms with Gasteiger partial charge >= 0.3 is 0 Å². The van der Waals surface area contributed by atoms with E-state index in [-0.39, 0.29) is 0 Å². The number of allylic oxidation sites excluding steroid dienone is 16. The van der Waals surface area contributed by atoms with Crippen molar-refractivity contribution in [3.8, 4) is 0 Å². The Kier molecular flexibility index (Phi) is 13.9. The summed E-state index contributed by atoms with van der Waals surface area (Å²) >= 11 is 0. The van der Waals surface area contributed by atoms with Crippen molar-refractivity contribution < 1.29 is 0 Å². The highest BCUT2D eigenvalue weighted by atomic mass is 14.8. The van der Waals surface area contributed by atoms with E-state index in [1.165, 1.54) is 5.56 Å². The van der Waals surface area contributed by atoms with Gasteiger partial charge in [-0.2, -0.15) is 0 Å². The van der Waals surface area contributed by atoms with E-state index in [1.807, 2.05) is 99.0 Å². The van der Waals surface area contributed by atoms with E-state index in [4.69, 9.17) is 5.73 Å². The molecule has 0 heterocycles. The van der Waals surface area contributed by atoms with Crippen LogP contribution in [0.2, 0.25) is 0 Å². The summed E-state index contributed by atoms with van der Waals surface area (Å²) in [5.74, 6) is 0. The van der Waals surface area contributed by atoms with Gasteiger partial charge in [0.15, 0.2) is 0 Å². The summed E-state index contributed by atoms with van der Waals surface area (Å²) in [7, 11) is 0. The van der Waals surface area contributed by atoms with Gasteiger partial charge in [-0.1, -0.05) is 123 Å². The Labute approximate surface area is 241 Å². The first-order chi connectivity index (χ1) is 19.4. The first-order valence-corrected chi connectivity index (χ1v) is 13.5. The highest BCUT2D eigenvalue weighted by Gasteiger charge is 2.03. The van der Waals surface area contributed by atoms with Gasteiger partial charge in [-0.3, -0.25) is 0 Å². The second kappa shape index (κ2) is 17.6. The van der Waals surface area contributed by atoms with E-state index in [1.54, 1.807) is 6.20 Å². The van der Waals surface area contributed by atoms with E-state index in [9.17, 15) is 0 Å². The highest BCUT2D eigenvalue weighted by molar-refractivity contribution is 5.75. The molecule has 2 heteroatoms. The van der Waals surface area contributed by atoms with Crippen LogP contribution in [0, 0.1) is 6.92 Å². The molecule has 2 rings (SSSR count). The average molecular weight is 527 g/mol. The maximum atomic E-state index is 6.04. The fourth-order valence-electron chi connectivity index (χ4n) is 3.71. The lowest BCUT2D eigenvalue weighted by Crippen LogP contribution is -1.95. The van der Waals surface area contributed by atoms with Crippen LogP contribution in [0.25, 0.3) is 11.6 Å². The number of para-hydroxylation sites is 1. The van der Waals surface area contributed by atoms with Crippen molar-refractivity contribution in [2.24, 2.45) is 5.73 Å². The van der Waals surface area contributed by atoms with Crippen LogP contribution in [0.3, 0.4) is 0 Å². The molecule has 2 aromatic carbocycles. The predicted octanol–water partition coefficient (Wildman–Crippen LogP) is 10.2. The minimum absolute atomic E-state index is 0.808. The molecule has 0 aliphatic heterocycles. The van der Waals surface area contributed by atoms with Gasteiger partial charge in [-0.05, 0) is 89.9 Å². The third-order valence-corrected chi connectivity index (χ3v) is 6.17. The molecule has 0 bridgehead atoms. The van der Waals surface area contributed by atoms with Gasteiger partial charge in [-0.25, -0.2) is 0 Å². The topological polar surface area (TPSA) is 38.0 Å². The van der Waals surface area contributed by atoms with E-state index in [0.717, 1.165) is 51.1 Å². The van der Waals surface area contributed by atoms with Crippen LogP contribution in [0.1, 0.15) is 37.0 Å². The van der Waals surface area contributed by atoms with Crippen LogP contribution in [0.5, 0.6) is 0 Å². The first kappa shape index (κ1) is 31.4. The summed E-state index contributed by atoms with van der Waals surface area (Å²) in [6.45, 7) is 18.5. The third kappa shape index (κ3) is 10.5. The van der Waals surface area contributed by atoms with Gasteiger partial charge < -0.3 is 11.1 Å². The number of nitrogens with one attached hydrogen (secondary N) is 1. The molecule has 0 radical (unpaired) electrons. The summed E-state index contributed by atoms with van der Waals surface area (Å²) in [4.78, 5) is 0. The van der Waals surface area contributed by atoms with Gasteiger partial charge in [0, 0.05) is 18.1 Å². The minimum Gasteiger partial charge on any atom is -0.404 e. The summed E-state index contributed by atoms with van der Waals surface area (Å²) in [6.07, 6.45) is 28.6. The maximum absolute atomic E-state index is 6.04. The molecule has 3 N–H and O–H groups in total. The molecule has 0 unspecified atom stereocenters. The maximum Gasteiger partial charge on any atom is 0.0379 e.